The Morgan fingerprint density at radius 2 is 2.00 bits per heavy atom. The number of pyridine rings is 1. The van der Waals surface area contributed by atoms with Gasteiger partial charge >= 0.3 is 0 Å². The van der Waals surface area contributed by atoms with Gasteiger partial charge in [-0.25, -0.2) is 0 Å². The highest BCUT2D eigenvalue weighted by Gasteiger charge is 2.05. The van der Waals surface area contributed by atoms with E-state index in [1.165, 1.54) is 6.20 Å². The number of hydrogen-bond donors (Lipinski definition) is 1. The minimum atomic E-state index is 0.164. The Kier molecular flexibility index (Phi) is 3.05. The molecule has 3 nitrogen and oxygen atoms in total. The summed E-state index contributed by atoms with van der Waals surface area (Å²) in [5.74, 6) is 0.973. The minimum absolute atomic E-state index is 0.164. The Morgan fingerprint density at radius 1 is 1.19 bits per heavy atom. The highest BCUT2D eigenvalue weighted by atomic mass is 16.5. The van der Waals surface area contributed by atoms with Gasteiger partial charge in [0.15, 0.2) is 0 Å². The van der Waals surface area contributed by atoms with Crippen LogP contribution in [0.25, 0.3) is 11.3 Å². The third kappa shape index (κ3) is 2.14. The van der Waals surface area contributed by atoms with Crippen molar-refractivity contribution in [3.63, 3.8) is 0 Å². The molecule has 0 amide bonds. The van der Waals surface area contributed by atoms with Gasteiger partial charge in [0.05, 0.1) is 18.5 Å². The Hall–Kier alpha value is -2.03. The molecule has 1 aromatic heterocycles. The fourth-order valence-electron chi connectivity index (χ4n) is 1.50. The van der Waals surface area contributed by atoms with Crippen LogP contribution in [0.15, 0.2) is 42.6 Å². The lowest BCUT2D eigenvalue weighted by atomic mass is 10.1. The summed E-state index contributed by atoms with van der Waals surface area (Å²) in [5, 5.41) is 9.18. The summed E-state index contributed by atoms with van der Waals surface area (Å²) in [4.78, 5) is 4.16. The van der Waals surface area contributed by atoms with Gasteiger partial charge in [-0.15, -0.1) is 0 Å². The Bertz CT molecular complexity index is 466. The summed E-state index contributed by atoms with van der Waals surface area (Å²) < 4.78 is 5.52. The Morgan fingerprint density at radius 3 is 2.69 bits per heavy atom. The van der Waals surface area contributed by atoms with Crippen LogP contribution in [0.3, 0.4) is 0 Å². The van der Waals surface area contributed by atoms with E-state index in [0.717, 1.165) is 17.0 Å². The monoisotopic (exact) mass is 215 g/mol. The first-order valence-corrected chi connectivity index (χ1v) is 5.18. The summed E-state index contributed by atoms with van der Waals surface area (Å²) in [6.45, 7) is 2.57. The molecule has 0 saturated carbocycles. The van der Waals surface area contributed by atoms with Crippen LogP contribution < -0.4 is 4.74 Å². The molecule has 3 heteroatoms. The smallest absolute Gasteiger partial charge is 0.133 e. The third-order valence-corrected chi connectivity index (χ3v) is 2.21. The van der Waals surface area contributed by atoms with Crippen molar-refractivity contribution in [2.75, 3.05) is 6.61 Å². The number of para-hydroxylation sites is 1. The Balaban J connectivity index is 2.42. The van der Waals surface area contributed by atoms with Crippen LogP contribution in [0, 0.1) is 0 Å². The van der Waals surface area contributed by atoms with Crippen LogP contribution in [0.4, 0.5) is 0 Å². The normalized spacial score (nSPS) is 10.1. The molecule has 82 valence electrons. The van der Waals surface area contributed by atoms with Crippen LogP contribution in [0.2, 0.25) is 0 Å². The molecule has 1 N–H and O–H groups in total. The molecule has 2 aromatic rings. The number of aromatic nitrogens is 1. The summed E-state index contributed by atoms with van der Waals surface area (Å²) in [6.07, 6.45) is 1.43. The molecule has 1 heterocycles. The first kappa shape index (κ1) is 10.5. The number of benzene rings is 1. The second-order valence-electron chi connectivity index (χ2n) is 3.33. The van der Waals surface area contributed by atoms with Gasteiger partial charge in [-0.05, 0) is 31.2 Å². The van der Waals surface area contributed by atoms with Crippen molar-refractivity contribution >= 4 is 0 Å². The Labute approximate surface area is 94.3 Å². The van der Waals surface area contributed by atoms with Gasteiger partial charge in [-0.2, -0.15) is 0 Å². The van der Waals surface area contributed by atoms with Crippen molar-refractivity contribution in [2.24, 2.45) is 0 Å². The van der Waals surface area contributed by atoms with E-state index in [1.54, 1.807) is 12.1 Å². The fourth-order valence-corrected chi connectivity index (χ4v) is 1.50. The number of rotatable bonds is 3. The molecular formula is C13H13NO2. The van der Waals surface area contributed by atoms with E-state index in [1.807, 2.05) is 31.2 Å². The van der Waals surface area contributed by atoms with Gasteiger partial charge in [-0.1, -0.05) is 12.1 Å². The molecule has 0 aliphatic carbocycles. The SMILES string of the molecule is CCOc1ccccc1-c1ccc(O)cn1. The molecule has 0 atom stereocenters. The third-order valence-electron chi connectivity index (χ3n) is 2.21. The molecule has 0 saturated heterocycles. The van der Waals surface area contributed by atoms with Gasteiger partial charge in [0.2, 0.25) is 0 Å². The van der Waals surface area contributed by atoms with Crippen molar-refractivity contribution in [1.82, 2.24) is 4.98 Å². The van der Waals surface area contributed by atoms with E-state index in [2.05, 4.69) is 4.98 Å². The number of nitrogens with zero attached hydrogens (tertiary/aromatic N) is 1. The fraction of sp³-hybridized carbons (Fsp3) is 0.154. The average Bonchev–Trinajstić information content (AvgIpc) is 2.32. The molecule has 0 radical (unpaired) electrons. The van der Waals surface area contributed by atoms with Crippen molar-refractivity contribution in [3.05, 3.63) is 42.6 Å². The molecule has 0 aliphatic heterocycles. The van der Waals surface area contributed by atoms with Gasteiger partial charge in [0, 0.05) is 5.56 Å². The van der Waals surface area contributed by atoms with Gasteiger partial charge in [-0.3, -0.25) is 4.98 Å². The number of aromatic hydroxyl groups is 1. The standard InChI is InChI=1S/C13H13NO2/c1-2-16-13-6-4-3-5-11(13)12-8-7-10(15)9-14-12/h3-9,15H,2H2,1H3. The van der Waals surface area contributed by atoms with Crippen molar-refractivity contribution < 1.29 is 9.84 Å². The molecule has 2 rings (SSSR count). The molecule has 0 aliphatic rings. The van der Waals surface area contributed by atoms with E-state index < -0.39 is 0 Å². The molecule has 0 fully saturated rings. The first-order chi connectivity index (χ1) is 7.81. The molecule has 1 aromatic carbocycles. The van der Waals surface area contributed by atoms with Crippen LogP contribution in [0.1, 0.15) is 6.92 Å². The maximum Gasteiger partial charge on any atom is 0.133 e. The zero-order valence-corrected chi connectivity index (χ0v) is 9.05. The summed E-state index contributed by atoms with van der Waals surface area (Å²) in [6, 6.07) is 11.1. The molecular weight excluding hydrogens is 202 g/mol. The molecule has 16 heavy (non-hydrogen) atoms. The number of hydrogen-bond acceptors (Lipinski definition) is 3. The topological polar surface area (TPSA) is 42.4 Å². The molecule has 0 bridgehead atoms. The summed E-state index contributed by atoms with van der Waals surface area (Å²) >= 11 is 0. The van der Waals surface area contributed by atoms with Crippen LogP contribution in [0.5, 0.6) is 11.5 Å². The predicted octanol–water partition coefficient (Wildman–Crippen LogP) is 2.85. The summed E-state index contributed by atoms with van der Waals surface area (Å²) in [5.41, 5.74) is 1.73. The maximum atomic E-state index is 9.18. The first-order valence-electron chi connectivity index (χ1n) is 5.18. The predicted molar refractivity (Wildman–Crippen MR) is 62.5 cm³/mol. The van der Waals surface area contributed by atoms with Crippen molar-refractivity contribution in [3.8, 4) is 22.8 Å². The van der Waals surface area contributed by atoms with E-state index in [9.17, 15) is 5.11 Å². The van der Waals surface area contributed by atoms with Gasteiger partial charge in [0.25, 0.3) is 0 Å². The van der Waals surface area contributed by atoms with Gasteiger partial charge in [0.1, 0.15) is 11.5 Å². The average molecular weight is 215 g/mol. The van der Waals surface area contributed by atoms with Crippen LogP contribution >= 0.6 is 0 Å². The molecule has 0 spiro atoms. The van der Waals surface area contributed by atoms with E-state index in [4.69, 9.17) is 4.74 Å². The van der Waals surface area contributed by atoms with E-state index in [0.29, 0.717) is 6.61 Å². The summed E-state index contributed by atoms with van der Waals surface area (Å²) in [7, 11) is 0. The lowest BCUT2D eigenvalue weighted by molar-refractivity contribution is 0.341. The largest absolute Gasteiger partial charge is 0.506 e. The van der Waals surface area contributed by atoms with Crippen molar-refractivity contribution in [2.45, 2.75) is 6.92 Å². The highest BCUT2D eigenvalue weighted by molar-refractivity contribution is 5.67. The minimum Gasteiger partial charge on any atom is -0.506 e. The lowest BCUT2D eigenvalue weighted by Crippen LogP contribution is -1.94. The highest BCUT2D eigenvalue weighted by Crippen LogP contribution is 2.28. The van der Waals surface area contributed by atoms with Crippen LogP contribution in [-0.4, -0.2) is 16.7 Å². The second kappa shape index (κ2) is 4.66. The van der Waals surface area contributed by atoms with Gasteiger partial charge < -0.3 is 9.84 Å². The van der Waals surface area contributed by atoms with E-state index in [-0.39, 0.29) is 5.75 Å². The van der Waals surface area contributed by atoms with Crippen LogP contribution in [-0.2, 0) is 0 Å². The lowest BCUT2D eigenvalue weighted by Gasteiger charge is -2.09. The second-order valence-corrected chi connectivity index (χ2v) is 3.33. The zero-order chi connectivity index (χ0) is 11.4. The maximum absolute atomic E-state index is 9.18. The van der Waals surface area contributed by atoms with Crippen molar-refractivity contribution in [1.29, 1.82) is 0 Å². The number of ether oxygens (including phenoxy) is 1. The zero-order valence-electron chi connectivity index (χ0n) is 9.05. The van der Waals surface area contributed by atoms with E-state index >= 15 is 0 Å². The quantitative estimate of drug-likeness (QED) is 0.856. The molecule has 0 unspecified atom stereocenters.